The summed E-state index contributed by atoms with van der Waals surface area (Å²) in [5, 5.41) is 13.0. The van der Waals surface area contributed by atoms with Crippen LogP contribution in [0.2, 0.25) is 0 Å². The van der Waals surface area contributed by atoms with Crippen LogP contribution in [0.1, 0.15) is 25.8 Å². The Morgan fingerprint density at radius 1 is 1.30 bits per heavy atom. The van der Waals surface area contributed by atoms with Crippen molar-refractivity contribution in [1.82, 2.24) is 5.32 Å². The minimum Gasteiger partial charge on any atom is -0.491 e. The molecule has 0 aliphatic rings. The molecule has 1 atom stereocenters. The van der Waals surface area contributed by atoms with Gasteiger partial charge in [0.2, 0.25) is 0 Å². The molecule has 4 nitrogen and oxygen atoms in total. The SMILES string of the molecule is CCCNCc1cc(OCC(O)COCC)ccc1Br. The van der Waals surface area contributed by atoms with Crippen LogP contribution in [0, 0.1) is 0 Å². The van der Waals surface area contributed by atoms with Gasteiger partial charge in [-0.2, -0.15) is 0 Å². The first-order valence-corrected chi connectivity index (χ1v) is 7.84. The Bertz CT molecular complexity index is 387. The Hall–Kier alpha value is -0.620. The molecule has 0 bridgehead atoms. The summed E-state index contributed by atoms with van der Waals surface area (Å²) in [6.45, 7) is 6.97. The summed E-state index contributed by atoms with van der Waals surface area (Å²) in [6, 6.07) is 5.84. The largest absolute Gasteiger partial charge is 0.491 e. The van der Waals surface area contributed by atoms with Crippen LogP contribution in [0.15, 0.2) is 22.7 Å². The summed E-state index contributed by atoms with van der Waals surface area (Å²) in [6.07, 6.45) is 0.512. The molecule has 0 amide bonds. The van der Waals surface area contributed by atoms with E-state index < -0.39 is 6.10 Å². The van der Waals surface area contributed by atoms with E-state index in [4.69, 9.17) is 9.47 Å². The number of halogens is 1. The lowest BCUT2D eigenvalue weighted by Gasteiger charge is -2.14. The van der Waals surface area contributed by atoms with Gasteiger partial charge in [-0.15, -0.1) is 0 Å². The van der Waals surface area contributed by atoms with Crippen molar-refractivity contribution < 1.29 is 14.6 Å². The van der Waals surface area contributed by atoms with E-state index in [1.54, 1.807) is 0 Å². The van der Waals surface area contributed by atoms with Crippen molar-refractivity contribution in [3.05, 3.63) is 28.2 Å². The Morgan fingerprint density at radius 3 is 2.80 bits per heavy atom. The molecule has 1 rings (SSSR count). The van der Waals surface area contributed by atoms with Crippen LogP contribution in [0.5, 0.6) is 5.75 Å². The smallest absolute Gasteiger partial charge is 0.119 e. The molecule has 1 aromatic carbocycles. The standard InChI is InChI=1S/C15H24BrNO3/c1-3-7-17-9-12-8-14(5-6-15(12)16)20-11-13(18)10-19-4-2/h5-6,8,13,17-18H,3-4,7,9-11H2,1-2H3. The second-order valence-electron chi connectivity index (χ2n) is 4.55. The zero-order valence-corrected chi connectivity index (χ0v) is 13.8. The molecule has 1 aromatic rings. The monoisotopic (exact) mass is 345 g/mol. The zero-order chi connectivity index (χ0) is 14.8. The third-order valence-electron chi connectivity index (χ3n) is 2.72. The molecule has 0 fully saturated rings. The molecule has 0 radical (unpaired) electrons. The van der Waals surface area contributed by atoms with E-state index in [1.165, 1.54) is 0 Å². The highest BCUT2D eigenvalue weighted by atomic mass is 79.9. The van der Waals surface area contributed by atoms with Crippen molar-refractivity contribution in [1.29, 1.82) is 0 Å². The van der Waals surface area contributed by atoms with Gasteiger partial charge >= 0.3 is 0 Å². The molecular formula is C15H24BrNO3. The van der Waals surface area contributed by atoms with Gasteiger partial charge in [0, 0.05) is 17.6 Å². The summed E-state index contributed by atoms with van der Waals surface area (Å²) in [4.78, 5) is 0. The fourth-order valence-corrected chi connectivity index (χ4v) is 2.06. The van der Waals surface area contributed by atoms with Crippen LogP contribution in [0.3, 0.4) is 0 Å². The Labute approximate surface area is 129 Å². The zero-order valence-electron chi connectivity index (χ0n) is 12.2. The molecule has 5 heteroatoms. The molecule has 0 saturated carbocycles. The van der Waals surface area contributed by atoms with Crippen LogP contribution in [0.4, 0.5) is 0 Å². The lowest BCUT2D eigenvalue weighted by Crippen LogP contribution is -2.23. The molecule has 0 heterocycles. The average Bonchev–Trinajstić information content (AvgIpc) is 2.45. The van der Waals surface area contributed by atoms with E-state index >= 15 is 0 Å². The predicted molar refractivity (Wildman–Crippen MR) is 84.1 cm³/mol. The lowest BCUT2D eigenvalue weighted by molar-refractivity contribution is 0.0164. The third kappa shape index (κ3) is 6.70. The molecule has 0 aliphatic heterocycles. The van der Waals surface area contributed by atoms with Crippen LogP contribution in [-0.4, -0.2) is 37.6 Å². The second-order valence-corrected chi connectivity index (χ2v) is 5.41. The van der Waals surface area contributed by atoms with E-state index in [-0.39, 0.29) is 6.61 Å². The minimum atomic E-state index is -0.597. The Morgan fingerprint density at radius 2 is 2.10 bits per heavy atom. The maximum absolute atomic E-state index is 9.67. The van der Waals surface area contributed by atoms with Crippen molar-refractivity contribution in [2.45, 2.75) is 32.9 Å². The topological polar surface area (TPSA) is 50.7 Å². The highest BCUT2D eigenvalue weighted by Crippen LogP contribution is 2.22. The van der Waals surface area contributed by atoms with Crippen molar-refractivity contribution in [3.8, 4) is 5.75 Å². The van der Waals surface area contributed by atoms with Crippen molar-refractivity contribution in [2.24, 2.45) is 0 Å². The summed E-state index contributed by atoms with van der Waals surface area (Å²) in [5.41, 5.74) is 1.15. The first kappa shape index (κ1) is 17.4. The molecule has 2 N–H and O–H groups in total. The molecule has 0 spiro atoms. The second kappa shape index (κ2) is 10.2. The molecule has 0 aliphatic carbocycles. The Kier molecular flexibility index (Phi) is 8.85. The summed E-state index contributed by atoms with van der Waals surface area (Å²) in [5.74, 6) is 0.761. The summed E-state index contributed by atoms with van der Waals surface area (Å²) < 4.78 is 11.8. The number of hydrogen-bond donors (Lipinski definition) is 2. The fourth-order valence-electron chi connectivity index (χ4n) is 1.67. The number of rotatable bonds is 10. The number of aliphatic hydroxyl groups excluding tert-OH is 1. The van der Waals surface area contributed by atoms with Gasteiger partial charge < -0.3 is 19.9 Å². The van der Waals surface area contributed by atoms with Gasteiger partial charge in [-0.25, -0.2) is 0 Å². The van der Waals surface area contributed by atoms with E-state index in [0.29, 0.717) is 13.2 Å². The van der Waals surface area contributed by atoms with E-state index in [9.17, 15) is 5.11 Å². The maximum atomic E-state index is 9.67. The lowest BCUT2D eigenvalue weighted by atomic mass is 10.2. The molecular weight excluding hydrogens is 322 g/mol. The van der Waals surface area contributed by atoms with Crippen molar-refractivity contribution in [3.63, 3.8) is 0 Å². The maximum Gasteiger partial charge on any atom is 0.119 e. The highest BCUT2D eigenvalue weighted by Gasteiger charge is 2.07. The molecule has 0 aromatic heterocycles. The van der Waals surface area contributed by atoms with Crippen LogP contribution >= 0.6 is 15.9 Å². The third-order valence-corrected chi connectivity index (χ3v) is 3.49. The number of ether oxygens (including phenoxy) is 2. The molecule has 0 saturated heterocycles. The van der Waals surface area contributed by atoms with Gasteiger partial charge in [0.25, 0.3) is 0 Å². The van der Waals surface area contributed by atoms with Gasteiger partial charge in [-0.1, -0.05) is 22.9 Å². The van der Waals surface area contributed by atoms with Crippen LogP contribution in [0.25, 0.3) is 0 Å². The highest BCUT2D eigenvalue weighted by molar-refractivity contribution is 9.10. The number of nitrogens with one attached hydrogen (secondary N) is 1. The van der Waals surface area contributed by atoms with Gasteiger partial charge in [-0.3, -0.25) is 0 Å². The minimum absolute atomic E-state index is 0.240. The number of benzene rings is 1. The quantitative estimate of drug-likeness (QED) is 0.640. The normalized spacial score (nSPS) is 12.4. The van der Waals surface area contributed by atoms with E-state index in [2.05, 4.69) is 28.2 Å². The van der Waals surface area contributed by atoms with E-state index in [1.807, 2.05) is 25.1 Å². The predicted octanol–water partition coefficient (Wildman–Crippen LogP) is 2.72. The van der Waals surface area contributed by atoms with Gasteiger partial charge in [0.15, 0.2) is 0 Å². The van der Waals surface area contributed by atoms with Crippen molar-refractivity contribution >= 4 is 15.9 Å². The Balaban J connectivity index is 2.47. The van der Waals surface area contributed by atoms with Crippen LogP contribution < -0.4 is 10.1 Å². The van der Waals surface area contributed by atoms with Gasteiger partial charge in [-0.05, 0) is 43.7 Å². The van der Waals surface area contributed by atoms with Gasteiger partial charge in [0.05, 0.1) is 6.61 Å². The number of aliphatic hydroxyl groups is 1. The van der Waals surface area contributed by atoms with Crippen LogP contribution in [-0.2, 0) is 11.3 Å². The summed E-state index contributed by atoms with van der Waals surface area (Å²) in [7, 11) is 0. The first-order valence-electron chi connectivity index (χ1n) is 7.05. The molecule has 114 valence electrons. The summed E-state index contributed by atoms with van der Waals surface area (Å²) >= 11 is 3.53. The fraction of sp³-hybridized carbons (Fsp3) is 0.600. The first-order chi connectivity index (χ1) is 9.67. The average molecular weight is 346 g/mol. The van der Waals surface area contributed by atoms with E-state index in [0.717, 1.165) is 35.3 Å². The van der Waals surface area contributed by atoms with Crippen molar-refractivity contribution in [2.75, 3.05) is 26.4 Å². The van der Waals surface area contributed by atoms with Gasteiger partial charge in [0.1, 0.15) is 18.5 Å². The number of hydrogen-bond acceptors (Lipinski definition) is 4. The molecule has 1 unspecified atom stereocenters. The molecule has 20 heavy (non-hydrogen) atoms.